The summed E-state index contributed by atoms with van der Waals surface area (Å²) in [7, 11) is 0. The Bertz CT molecular complexity index is 721. The lowest BCUT2D eigenvalue weighted by atomic mass is 9.66. The maximum absolute atomic E-state index is 7.44. The van der Waals surface area contributed by atoms with Crippen molar-refractivity contribution in [3.63, 3.8) is 0 Å². The van der Waals surface area contributed by atoms with Gasteiger partial charge in [-0.1, -0.05) is 54.5 Å². The van der Waals surface area contributed by atoms with Gasteiger partial charge in [0.25, 0.3) is 0 Å². The molecule has 1 spiro atoms. The predicted octanol–water partition coefficient (Wildman–Crippen LogP) is 6.64. The SMILES string of the molecule is CC(C)(C)C1CCC2(CC1)C/C(=C\CSC(=N)N)c1cc(Br)ccc1O2.Cl. The van der Waals surface area contributed by atoms with Gasteiger partial charge in [0.1, 0.15) is 11.4 Å². The van der Waals surface area contributed by atoms with Crippen LogP contribution in [0.15, 0.2) is 28.7 Å². The average molecular weight is 474 g/mol. The lowest BCUT2D eigenvalue weighted by Gasteiger charge is -2.47. The van der Waals surface area contributed by atoms with E-state index in [2.05, 4.69) is 61.0 Å². The highest BCUT2D eigenvalue weighted by Crippen LogP contribution is 2.50. The standard InChI is InChI=1S/C21H29BrN2OS.ClH/c1-20(2,3)15-6-9-21(10-7-15)13-14(8-11-26-19(23)24)17-12-16(22)4-5-18(17)25-21;/h4-5,8,12,15H,6-7,9-11,13H2,1-3H3,(H3,23,24);1H/b14-8+;. The fourth-order valence-electron chi connectivity index (χ4n) is 4.26. The van der Waals surface area contributed by atoms with Crippen LogP contribution in [0.3, 0.4) is 0 Å². The van der Waals surface area contributed by atoms with Gasteiger partial charge < -0.3 is 10.5 Å². The second kappa shape index (κ2) is 8.79. The molecule has 0 radical (unpaired) electrons. The Morgan fingerprint density at radius 3 is 2.63 bits per heavy atom. The topological polar surface area (TPSA) is 59.1 Å². The molecule has 0 saturated heterocycles. The molecule has 150 valence electrons. The second-order valence-corrected chi connectivity index (χ2v) is 10.6. The zero-order valence-corrected chi connectivity index (χ0v) is 19.5. The highest BCUT2D eigenvalue weighted by Gasteiger charge is 2.43. The Hall–Kier alpha value is -0.650. The summed E-state index contributed by atoms with van der Waals surface area (Å²) in [6.07, 6.45) is 7.86. The molecule has 0 atom stereocenters. The minimum atomic E-state index is -0.0741. The highest BCUT2D eigenvalue weighted by molar-refractivity contribution is 9.10. The van der Waals surface area contributed by atoms with E-state index in [-0.39, 0.29) is 23.2 Å². The quantitative estimate of drug-likeness (QED) is 0.374. The van der Waals surface area contributed by atoms with E-state index in [1.54, 1.807) is 0 Å². The fraction of sp³-hybridized carbons (Fsp3) is 0.571. The molecule has 3 N–H and O–H groups in total. The number of rotatable bonds is 2. The minimum absolute atomic E-state index is 0. The van der Waals surface area contributed by atoms with Gasteiger partial charge in [-0.25, -0.2) is 0 Å². The predicted molar refractivity (Wildman–Crippen MR) is 123 cm³/mol. The number of amidine groups is 1. The minimum Gasteiger partial charge on any atom is -0.486 e. The van der Waals surface area contributed by atoms with Crippen molar-refractivity contribution in [2.24, 2.45) is 17.1 Å². The number of ether oxygens (including phenoxy) is 1. The smallest absolute Gasteiger partial charge is 0.151 e. The molecule has 1 aliphatic carbocycles. The Balaban J connectivity index is 0.00000261. The molecular weight excluding hydrogens is 444 g/mol. The molecule has 0 bridgehead atoms. The van der Waals surface area contributed by atoms with Gasteiger partial charge in [-0.15, -0.1) is 12.4 Å². The molecule has 0 amide bonds. The summed E-state index contributed by atoms with van der Waals surface area (Å²) in [6.45, 7) is 7.07. The molecule has 1 aliphatic heterocycles. The molecule has 2 aliphatic rings. The van der Waals surface area contributed by atoms with Gasteiger partial charge in [-0.2, -0.15) is 0 Å². The van der Waals surface area contributed by atoms with Crippen molar-refractivity contribution < 1.29 is 4.74 Å². The van der Waals surface area contributed by atoms with E-state index < -0.39 is 0 Å². The number of thioether (sulfide) groups is 1. The van der Waals surface area contributed by atoms with Crippen LogP contribution in [0.1, 0.15) is 58.4 Å². The van der Waals surface area contributed by atoms with Crippen LogP contribution >= 0.6 is 40.1 Å². The van der Waals surface area contributed by atoms with Crippen molar-refractivity contribution in [1.29, 1.82) is 5.41 Å². The maximum Gasteiger partial charge on any atom is 0.151 e. The second-order valence-electron chi connectivity index (χ2n) is 8.65. The van der Waals surface area contributed by atoms with Crippen LogP contribution < -0.4 is 10.5 Å². The molecule has 1 saturated carbocycles. The van der Waals surface area contributed by atoms with Gasteiger partial charge in [0.05, 0.1) is 0 Å². The zero-order chi connectivity index (χ0) is 18.9. The van der Waals surface area contributed by atoms with Crippen molar-refractivity contribution in [3.05, 3.63) is 34.3 Å². The Labute approximate surface area is 181 Å². The Morgan fingerprint density at radius 1 is 1.37 bits per heavy atom. The van der Waals surface area contributed by atoms with E-state index in [1.807, 2.05) is 0 Å². The largest absolute Gasteiger partial charge is 0.486 e. The van der Waals surface area contributed by atoms with Crippen molar-refractivity contribution in [3.8, 4) is 5.75 Å². The van der Waals surface area contributed by atoms with E-state index in [0.717, 1.165) is 41.2 Å². The van der Waals surface area contributed by atoms with Crippen LogP contribution in [-0.2, 0) is 0 Å². The summed E-state index contributed by atoms with van der Waals surface area (Å²) < 4.78 is 7.67. The number of hydrogen-bond donors (Lipinski definition) is 2. The summed E-state index contributed by atoms with van der Waals surface area (Å²) in [6, 6.07) is 6.29. The average Bonchev–Trinajstić information content (AvgIpc) is 2.55. The summed E-state index contributed by atoms with van der Waals surface area (Å²) in [4.78, 5) is 0. The van der Waals surface area contributed by atoms with Gasteiger partial charge in [-0.3, -0.25) is 5.41 Å². The van der Waals surface area contributed by atoms with E-state index in [9.17, 15) is 0 Å². The van der Waals surface area contributed by atoms with E-state index in [4.69, 9.17) is 15.9 Å². The van der Waals surface area contributed by atoms with E-state index >= 15 is 0 Å². The zero-order valence-electron chi connectivity index (χ0n) is 16.3. The summed E-state index contributed by atoms with van der Waals surface area (Å²) in [5, 5.41) is 7.61. The van der Waals surface area contributed by atoms with Gasteiger partial charge in [0.2, 0.25) is 0 Å². The van der Waals surface area contributed by atoms with Crippen molar-refractivity contribution in [2.75, 3.05) is 5.75 Å². The first-order valence-electron chi connectivity index (χ1n) is 9.33. The van der Waals surface area contributed by atoms with Crippen LogP contribution in [0.2, 0.25) is 0 Å². The monoisotopic (exact) mass is 472 g/mol. The third kappa shape index (κ3) is 5.45. The molecule has 3 nitrogen and oxygen atoms in total. The lowest BCUT2D eigenvalue weighted by molar-refractivity contribution is -0.00398. The molecule has 27 heavy (non-hydrogen) atoms. The van der Waals surface area contributed by atoms with Crippen molar-refractivity contribution >= 4 is 50.8 Å². The third-order valence-corrected chi connectivity index (χ3v) is 6.95. The van der Waals surface area contributed by atoms with Gasteiger partial charge in [-0.05, 0) is 60.8 Å². The normalized spacial score (nSPS) is 26.2. The number of nitrogens with two attached hydrogens (primary N) is 1. The molecule has 1 heterocycles. The van der Waals surface area contributed by atoms with Crippen LogP contribution in [0.5, 0.6) is 5.75 Å². The molecule has 1 fully saturated rings. The number of halogens is 2. The summed E-state index contributed by atoms with van der Waals surface area (Å²) in [5.74, 6) is 2.49. The summed E-state index contributed by atoms with van der Waals surface area (Å²) in [5.41, 5.74) is 8.30. The molecule has 1 aromatic rings. The Kier molecular flexibility index (Phi) is 7.37. The van der Waals surface area contributed by atoms with Gasteiger partial charge >= 0.3 is 0 Å². The molecule has 0 unspecified atom stereocenters. The molecular formula is C21H30BrClN2OS. The molecule has 0 aromatic heterocycles. The van der Waals surface area contributed by atoms with Gasteiger partial charge in [0, 0.05) is 22.2 Å². The van der Waals surface area contributed by atoms with Crippen LogP contribution in [0, 0.1) is 16.7 Å². The number of fused-ring (bicyclic) bond motifs is 1. The first-order chi connectivity index (χ1) is 12.2. The van der Waals surface area contributed by atoms with Crippen LogP contribution in [0.25, 0.3) is 5.57 Å². The molecule has 6 heteroatoms. The number of nitrogens with one attached hydrogen (secondary N) is 1. The van der Waals surface area contributed by atoms with Crippen LogP contribution in [0.4, 0.5) is 0 Å². The van der Waals surface area contributed by atoms with E-state index in [0.29, 0.717) is 5.41 Å². The van der Waals surface area contributed by atoms with Crippen molar-refractivity contribution in [1.82, 2.24) is 0 Å². The first kappa shape index (κ1) is 22.6. The van der Waals surface area contributed by atoms with Crippen molar-refractivity contribution in [2.45, 2.75) is 58.5 Å². The number of benzene rings is 1. The molecule has 3 rings (SSSR count). The van der Waals surface area contributed by atoms with E-state index in [1.165, 1.54) is 35.7 Å². The lowest BCUT2D eigenvalue weighted by Crippen LogP contribution is -2.44. The fourth-order valence-corrected chi connectivity index (χ4v) is 5.08. The third-order valence-electron chi connectivity index (χ3n) is 5.82. The maximum atomic E-state index is 7.44. The van der Waals surface area contributed by atoms with Crippen LogP contribution in [-0.4, -0.2) is 16.5 Å². The first-order valence-corrected chi connectivity index (χ1v) is 11.1. The highest BCUT2D eigenvalue weighted by atomic mass is 79.9. The van der Waals surface area contributed by atoms with Gasteiger partial charge in [0.15, 0.2) is 5.17 Å². The molecule has 1 aromatic carbocycles. The summed E-state index contributed by atoms with van der Waals surface area (Å²) >= 11 is 4.96. The Morgan fingerprint density at radius 2 is 2.04 bits per heavy atom. The number of hydrogen-bond acceptors (Lipinski definition) is 3.